The number of rotatable bonds is 2. The van der Waals surface area contributed by atoms with Crippen molar-refractivity contribution < 1.29 is 0 Å². The van der Waals surface area contributed by atoms with Crippen LogP contribution in [0.5, 0.6) is 0 Å². The van der Waals surface area contributed by atoms with E-state index in [9.17, 15) is 0 Å². The predicted octanol–water partition coefficient (Wildman–Crippen LogP) is 4.20. The van der Waals surface area contributed by atoms with Gasteiger partial charge in [0.1, 0.15) is 0 Å². The fourth-order valence-electron chi connectivity index (χ4n) is 2.08. The summed E-state index contributed by atoms with van der Waals surface area (Å²) in [5.41, 5.74) is 5.57. The molecule has 2 nitrogen and oxygen atoms in total. The molecule has 0 bridgehead atoms. The van der Waals surface area contributed by atoms with Gasteiger partial charge in [0.2, 0.25) is 0 Å². The molecule has 1 aromatic carbocycles. The van der Waals surface area contributed by atoms with Gasteiger partial charge >= 0.3 is 0 Å². The number of anilines is 1. The SMILES string of the molecule is c1ccc(NN=C2CCCCCCC2)cc1. The summed E-state index contributed by atoms with van der Waals surface area (Å²) in [6.07, 6.45) is 9.07. The van der Waals surface area contributed by atoms with Gasteiger partial charge in [0.05, 0.1) is 5.69 Å². The summed E-state index contributed by atoms with van der Waals surface area (Å²) >= 11 is 0. The van der Waals surface area contributed by atoms with Gasteiger partial charge in [0, 0.05) is 5.71 Å². The molecule has 0 unspecified atom stereocenters. The van der Waals surface area contributed by atoms with Gasteiger partial charge in [-0.2, -0.15) is 5.10 Å². The Labute approximate surface area is 97.8 Å². The molecule has 2 heteroatoms. The van der Waals surface area contributed by atoms with Gasteiger partial charge in [0.15, 0.2) is 0 Å². The molecule has 1 aromatic rings. The van der Waals surface area contributed by atoms with E-state index in [0.29, 0.717) is 0 Å². The van der Waals surface area contributed by atoms with Crippen LogP contribution in [0.2, 0.25) is 0 Å². The van der Waals surface area contributed by atoms with Crippen LogP contribution in [-0.2, 0) is 0 Å². The second-order valence-electron chi connectivity index (χ2n) is 4.42. The molecule has 1 aliphatic rings. The van der Waals surface area contributed by atoms with Crippen molar-refractivity contribution in [1.29, 1.82) is 0 Å². The van der Waals surface area contributed by atoms with Crippen LogP contribution in [0.1, 0.15) is 44.9 Å². The van der Waals surface area contributed by atoms with Gasteiger partial charge in [0.25, 0.3) is 0 Å². The molecule has 2 rings (SSSR count). The van der Waals surface area contributed by atoms with Crippen LogP contribution in [0.4, 0.5) is 5.69 Å². The highest BCUT2D eigenvalue weighted by Gasteiger charge is 2.04. The highest BCUT2D eigenvalue weighted by Crippen LogP contribution is 2.15. The van der Waals surface area contributed by atoms with E-state index in [1.54, 1.807) is 0 Å². The van der Waals surface area contributed by atoms with Gasteiger partial charge < -0.3 is 0 Å². The molecule has 0 amide bonds. The first kappa shape index (κ1) is 11.2. The molecule has 0 atom stereocenters. The van der Waals surface area contributed by atoms with Crippen LogP contribution in [0.25, 0.3) is 0 Å². The summed E-state index contributed by atoms with van der Waals surface area (Å²) in [5.74, 6) is 0. The number of hydrogen-bond acceptors (Lipinski definition) is 2. The van der Waals surface area contributed by atoms with Crippen molar-refractivity contribution in [3.05, 3.63) is 30.3 Å². The molecular weight excluding hydrogens is 196 g/mol. The quantitative estimate of drug-likeness (QED) is 0.736. The van der Waals surface area contributed by atoms with E-state index in [1.807, 2.05) is 30.3 Å². The highest BCUT2D eigenvalue weighted by atomic mass is 15.3. The summed E-state index contributed by atoms with van der Waals surface area (Å²) in [5, 5.41) is 4.52. The topological polar surface area (TPSA) is 24.4 Å². The summed E-state index contributed by atoms with van der Waals surface area (Å²) in [6, 6.07) is 10.2. The van der Waals surface area contributed by atoms with Crippen LogP contribution < -0.4 is 5.43 Å². The third kappa shape index (κ3) is 3.69. The van der Waals surface area contributed by atoms with Gasteiger partial charge in [-0.1, -0.05) is 37.5 Å². The zero-order valence-corrected chi connectivity index (χ0v) is 9.78. The Hall–Kier alpha value is -1.31. The lowest BCUT2D eigenvalue weighted by Gasteiger charge is -2.11. The maximum Gasteiger partial charge on any atom is 0.0561 e. The number of benzene rings is 1. The molecule has 0 aliphatic heterocycles. The van der Waals surface area contributed by atoms with Crippen molar-refractivity contribution in [2.24, 2.45) is 5.10 Å². The first-order valence-electron chi connectivity index (χ1n) is 6.32. The Kier molecular flexibility index (Phi) is 4.41. The van der Waals surface area contributed by atoms with Crippen molar-refractivity contribution in [3.63, 3.8) is 0 Å². The van der Waals surface area contributed by atoms with E-state index in [-0.39, 0.29) is 0 Å². The Morgan fingerprint density at radius 1 is 0.812 bits per heavy atom. The van der Waals surface area contributed by atoms with Gasteiger partial charge in [-0.3, -0.25) is 5.43 Å². The Morgan fingerprint density at radius 2 is 1.44 bits per heavy atom. The first-order chi connectivity index (χ1) is 7.95. The molecule has 0 radical (unpaired) electrons. The summed E-state index contributed by atoms with van der Waals surface area (Å²) in [7, 11) is 0. The zero-order chi connectivity index (χ0) is 11.1. The summed E-state index contributed by atoms with van der Waals surface area (Å²) < 4.78 is 0. The normalized spacial score (nSPS) is 17.4. The molecule has 1 N–H and O–H groups in total. The van der Waals surface area contributed by atoms with E-state index >= 15 is 0 Å². The second-order valence-corrected chi connectivity index (χ2v) is 4.42. The molecule has 1 saturated carbocycles. The lowest BCUT2D eigenvalue weighted by atomic mass is 9.99. The Morgan fingerprint density at radius 3 is 2.12 bits per heavy atom. The molecule has 1 fully saturated rings. The fraction of sp³-hybridized carbons (Fsp3) is 0.500. The van der Waals surface area contributed by atoms with E-state index in [4.69, 9.17) is 0 Å². The average molecular weight is 216 g/mol. The van der Waals surface area contributed by atoms with Crippen molar-refractivity contribution >= 4 is 11.4 Å². The number of para-hydroxylation sites is 1. The fourth-order valence-corrected chi connectivity index (χ4v) is 2.08. The maximum atomic E-state index is 4.52. The van der Waals surface area contributed by atoms with Gasteiger partial charge in [-0.05, 0) is 37.8 Å². The van der Waals surface area contributed by atoms with E-state index in [2.05, 4.69) is 10.5 Å². The van der Waals surface area contributed by atoms with Crippen LogP contribution in [0.3, 0.4) is 0 Å². The van der Waals surface area contributed by atoms with E-state index < -0.39 is 0 Å². The Bertz CT molecular complexity index is 320. The van der Waals surface area contributed by atoms with Gasteiger partial charge in [-0.25, -0.2) is 0 Å². The van der Waals surface area contributed by atoms with Crippen molar-refractivity contribution in [2.75, 3.05) is 5.43 Å². The molecule has 1 aliphatic carbocycles. The minimum absolute atomic E-state index is 1.08. The molecule has 0 aromatic heterocycles. The molecule has 0 saturated heterocycles. The van der Waals surface area contributed by atoms with Crippen molar-refractivity contribution in [2.45, 2.75) is 44.9 Å². The highest BCUT2D eigenvalue weighted by molar-refractivity contribution is 5.85. The van der Waals surface area contributed by atoms with Crippen molar-refractivity contribution in [3.8, 4) is 0 Å². The molecule has 86 valence electrons. The average Bonchev–Trinajstić information content (AvgIpc) is 2.29. The van der Waals surface area contributed by atoms with Crippen LogP contribution in [-0.4, -0.2) is 5.71 Å². The minimum Gasteiger partial charge on any atom is -0.279 e. The third-order valence-corrected chi connectivity index (χ3v) is 3.05. The number of hydrazone groups is 1. The monoisotopic (exact) mass is 216 g/mol. The van der Waals surface area contributed by atoms with Crippen molar-refractivity contribution in [1.82, 2.24) is 0 Å². The third-order valence-electron chi connectivity index (χ3n) is 3.05. The number of hydrogen-bond donors (Lipinski definition) is 1. The predicted molar refractivity (Wildman–Crippen MR) is 69.8 cm³/mol. The summed E-state index contributed by atoms with van der Waals surface area (Å²) in [4.78, 5) is 0. The minimum atomic E-state index is 1.08. The standard InChI is InChI=1S/C14H20N2/c1-2-5-9-13(10-6-3-1)15-16-14-11-7-4-8-12-14/h4,7-8,11-12,16H,1-3,5-6,9-10H2. The molecular formula is C14H20N2. The van der Waals surface area contributed by atoms with E-state index in [1.165, 1.54) is 50.7 Å². The van der Waals surface area contributed by atoms with Crippen LogP contribution >= 0.6 is 0 Å². The smallest absolute Gasteiger partial charge is 0.0561 e. The lowest BCUT2D eigenvalue weighted by molar-refractivity contribution is 0.606. The van der Waals surface area contributed by atoms with Crippen LogP contribution in [0, 0.1) is 0 Å². The van der Waals surface area contributed by atoms with Gasteiger partial charge in [-0.15, -0.1) is 0 Å². The number of nitrogens with zero attached hydrogens (tertiary/aromatic N) is 1. The molecule has 16 heavy (non-hydrogen) atoms. The second kappa shape index (κ2) is 6.31. The van der Waals surface area contributed by atoms with Crippen LogP contribution in [0.15, 0.2) is 35.4 Å². The number of nitrogens with one attached hydrogen (secondary N) is 1. The maximum absolute atomic E-state index is 4.52. The lowest BCUT2D eigenvalue weighted by Crippen LogP contribution is -2.05. The van der Waals surface area contributed by atoms with E-state index in [0.717, 1.165) is 5.69 Å². The Balaban J connectivity index is 1.89. The molecule has 0 spiro atoms. The largest absolute Gasteiger partial charge is 0.279 e. The molecule has 0 heterocycles. The summed E-state index contributed by atoms with van der Waals surface area (Å²) in [6.45, 7) is 0. The zero-order valence-electron chi connectivity index (χ0n) is 9.78. The first-order valence-corrected chi connectivity index (χ1v) is 6.32.